The molecule has 1 aromatic heterocycles. The number of aryl methyl sites for hydroxylation is 4. The van der Waals surface area contributed by atoms with Gasteiger partial charge in [0.25, 0.3) is 5.91 Å². The summed E-state index contributed by atoms with van der Waals surface area (Å²) in [5.41, 5.74) is 6.39. The van der Waals surface area contributed by atoms with Crippen LogP contribution >= 0.6 is 0 Å². The van der Waals surface area contributed by atoms with Gasteiger partial charge in [-0.15, -0.1) is 0 Å². The maximum Gasteiger partial charge on any atom is 0.251 e. The fourth-order valence-corrected chi connectivity index (χ4v) is 4.07. The van der Waals surface area contributed by atoms with Crippen molar-refractivity contribution in [1.82, 2.24) is 14.9 Å². The Labute approximate surface area is 200 Å². The first-order valence-electron chi connectivity index (χ1n) is 11.6. The first-order chi connectivity index (χ1) is 16.4. The van der Waals surface area contributed by atoms with Gasteiger partial charge in [-0.1, -0.05) is 42.5 Å². The molecule has 34 heavy (non-hydrogen) atoms. The van der Waals surface area contributed by atoms with Crippen molar-refractivity contribution in [3.05, 3.63) is 94.8 Å². The molecule has 0 aliphatic rings. The Morgan fingerprint density at radius 3 is 2.50 bits per heavy atom. The van der Waals surface area contributed by atoms with E-state index in [0.717, 1.165) is 45.7 Å². The standard InChI is InChI=1S/C28H30N4O2/c1-19-14-15-21(3)24(17-19)31-27(33)18-32-25-12-7-6-11-23(25)30-26(32)13-8-16-29-28(34)22-10-5-4-9-20(22)2/h4-7,9-12,14-15,17H,8,13,16,18H2,1-3H3,(H,29,34)(H,31,33). The zero-order valence-corrected chi connectivity index (χ0v) is 19.9. The first-order valence-corrected chi connectivity index (χ1v) is 11.6. The molecule has 0 unspecified atom stereocenters. The largest absolute Gasteiger partial charge is 0.352 e. The van der Waals surface area contributed by atoms with Crippen LogP contribution in [0.5, 0.6) is 0 Å². The molecular formula is C28H30N4O2. The Morgan fingerprint density at radius 2 is 1.68 bits per heavy atom. The van der Waals surface area contributed by atoms with E-state index in [2.05, 4.69) is 10.6 Å². The van der Waals surface area contributed by atoms with Gasteiger partial charge in [-0.05, 0) is 68.1 Å². The number of para-hydroxylation sites is 2. The summed E-state index contributed by atoms with van der Waals surface area (Å²) in [5, 5.41) is 6.04. The van der Waals surface area contributed by atoms with Gasteiger partial charge in [-0.3, -0.25) is 9.59 Å². The second-order valence-electron chi connectivity index (χ2n) is 8.64. The van der Waals surface area contributed by atoms with Crippen LogP contribution in [0.1, 0.15) is 39.3 Å². The van der Waals surface area contributed by atoms with E-state index in [4.69, 9.17) is 4.98 Å². The molecule has 0 aliphatic carbocycles. The molecule has 0 spiro atoms. The Hall–Kier alpha value is -3.93. The minimum absolute atomic E-state index is 0.0699. The highest BCUT2D eigenvalue weighted by molar-refractivity contribution is 5.95. The normalized spacial score (nSPS) is 10.9. The number of carbonyl (C=O) groups excluding carboxylic acids is 2. The zero-order valence-electron chi connectivity index (χ0n) is 19.9. The molecule has 1 heterocycles. The predicted molar refractivity (Wildman–Crippen MR) is 136 cm³/mol. The number of amides is 2. The van der Waals surface area contributed by atoms with Gasteiger partial charge in [-0.25, -0.2) is 4.98 Å². The number of carbonyl (C=O) groups is 2. The number of fused-ring (bicyclic) bond motifs is 1. The van der Waals surface area contributed by atoms with E-state index in [1.165, 1.54) is 0 Å². The maximum atomic E-state index is 12.9. The summed E-state index contributed by atoms with van der Waals surface area (Å²) in [6.07, 6.45) is 1.37. The molecule has 0 bridgehead atoms. The second-order valence-corrected chi connectivity index (χ2v) is 8.64. The Kier molecular flexibility index (Phi) is 7.07. The number of hydrogen-bond donors (Lipinski definition) is 2. The van der Waals surface area contributed by atoms with Crippen LogP contribution < -0.4 is 10.6 Å². The molecule has 0 saturated heterocycles. The summed E-state index contributed by atoms with van der Waals surface area (Å²) in [4.78, 5) is 30.2. The van der Waals surface area contributed by atoms with Crippen molar-refractivity contribution in [3.8, 4) is 0 Å². The van der Waals surface area contributed by atoms with Gasteiger partial charge >= 0.3 is 0 Å². The van der Waals surface area contributed by atoms with Crippen molar-refractivity contribution >= 4 is 28.5 Å². The molecule has 0 atom stereocenters. The number of nitrogens with zero attached hydrogens (tertiary/aromatic N) is 2. The van der Waals surface area contributed by atoms with Crippen LogP contribution in [0.3, 0.4) is 0 Å². The summed E-state index contributed by atoms with van der Waals surface area (Å²) >= 11 is 0. The molecule has 0 saturated carbocycles. The van der Waals surface area contributed by atoms with Crippen molar-refractivity contribution in [2.24, 2.45) is 0 Å². The van der Waals surface area contributed by atoms with E-state index in [1.54, 1.807) is 0 Å². The van der Waals surface area contributed by atoms with E-state index in [1.807, 2.05) is 92.1 Å². The van der Waals surface area contributed by atoms with Gasteiger partial charge in [0.15, 0.2) is 0 Å². The van der Waals surface area contributed by atoms with Crippen molar-refractivity contribution < 1.29 is 9.59 Å². The van der Waals surface area contributed by atoms with Crippen LogP contribution in [-0.2, 0) is 17.8 Å². The predicted octanol–water partition coefficient (Wildman–Crippen LogP) is 4.96. The zero-order chi connectivity index (χ0) is 24.1. The van der Waals surface area contributed by atoms with Gasteiger partial charge in [0.2, 0.25) is 5.91 Å². The first kappa shape index (κ1) is 23.2. The third-order valence-electron chi connectivity index (χ3n) is 5.95. The van der Waals surface area contributed by atoms with Crippen molar-refractivity contribution in [2.45, 2.75) is 40.2 Å². The second kappa shape index (κ2) is 10.3. The average Bonchev–Trinajstić information content (AvgIpc) is 3.16. The summed E-state index contributed by atoms with van der Waals surface area (Å²) in [6, 6.07) is 21.4. The number of nitrogens with one attached hydrogen (secondary N) is 2. The Balaban J connectivity index is 1.44. The number of imidazole rings is 1. The lowest BCUT2D eigenvalue weighted by Gasteiger charge is -2.12. The molecule has 2 amide bonds. The summed E-state index contributed by atoms with van der Waals surface area (Å²) < 4.78 is 1.97. The van der Waals surface area contributed by atoms with Gasteiger partial charge in [0, 0.05) is 24.2 Å². The number of benzene rings is 3. The molecule has 0 radical (unpaired) electrons. The molecule has 4 rings (SSSR count). The topological polar surface area (TPSA) is 76.0 Å². The molecule has 4 aromatic rings. The minimum atomic E-state index is -0.0917. The van der Waals surface area contributed by atoms with Crippen molar-refractivity contribution in [3.63, 3.8) is 0 Å². The van der Waals surface area contributed by atoms with E-state index >= 15 is 0 Å². The van der Waals surface area contributed by atoms with E-state index in [-0.39, 0.29) is 18.4 Å². The molecule has 3 aromatic carbocycles. The SMILES string of the molecule is Cc1ccc(C)c(NC(=O)Cn2c(CCCNC(=O)c3ccccc3C)nc3ccccc32)c1. The van der Waals surface area contributed by atoms with Gasteiger partial charge < -0.3 is 15.2 Å². The molecular weight excluding hydrogens is 424 g/mol. The number of aromatic nitrogens is 2. The van der Waals surface area contributed by atoms with Crippen LogP contribution in [0.15, 0.2) is 66.7 Å². The lowest BCUT2D eigenvalue weighted by atomic mass is 10.1. The average molecular weight is 455 g/mol. The van der Waals surface area contributed by atoms with Crippen LogP contribution in [-0.4, -0.2) is 27.9 Å². The van der Waals surface area contributed by atoms with Gasteiger partial charge in [0.1, 0.15) is 12.4 Å². The highest BCUT2D eigenvalue weighted by Crippen LogP contribution is 2.19. The number of anilines is 1. The summed E-state index contributed by atoms with van der Waals surface area (Å²) in [7, 11) is 0. The summed E-state index contributed by atoms with van der Waals surface area (Å²) in [5.74, 6) is 0.674. The van der Waals surface area contributed by atoms with Gasteiger partial charge in [-0.2, -0.15) is 0 Å². The van der Waals surface area contributed by atoms with Gasteiger partial charge in [0.05, 0.1) is 11.0 Å². The van der Waals surface area contributed by atoms with E-state index in [0.29, 0.717) is 18.5 Å². The third-order valence-corrected chi connectivity index (χ3v) is 5.95. The highest BCUT2D eigenvalue weighted by atomic mass is 16.2. The fourth-order valence-electron chi connectivity index (χ4n) is 4.07. The summed E-state index contributed by atoms with van der Waals surface area (Å²) in [6.45, 7) is 6.64. The van der Waals surface area contributed by atoms with Crippen molar-refractivity contribution in [1.29, 1.82) is 0 Å². The smallest absolute Gasteiger partial charge is 0.251 e. The van der Waals surface area contributed by atoms with E-state index < -0.39 is 0 Å². The van der Waals surface area contributed by atoms with Crippen LogP contribution in [0.25, 0.3) is 11.0 Å². The molecule has 0 aliphatic heterocycles. The molecule has 6 nitrogen and oxygen atoms in total. The Morgan fingerprint density at radius 1 is 0.912 bits per heavy atom. The molecule has 0 fully saturated rings. The lowest BCUT2D eigenvalue weighted by Crippen LogP contribution is -2.26. The lowest BCUT2D eigenvalue weighted by molar-refractivity contribution is -0.116. The fraction of sp³-hybridized carbons (Fsp3) is 0.250. The molecule has 6 heteroatoms. The maximum absolute atomic E-state index is 12.9. The Bertz CT molecular complexity index is 1340. The molecule has 174 valence electrons. The van der Waals surface area contributed by atoms with Crippen LogP contribution in [0.4, 0.5) is 5.69 Å². The monoisotopic (exact) mass is 454 g/mol. The van der Waals surface area contributed by atoms with E-state index in [9.17, 15) is 9.59 Å². The highest BCUT2D eigenvalue weighted by Gasteiger charge is 2.15. The third kappa shape index (κ3) is 5.34. The van der Waals surface area contributed by atoms with Crippen molar-refractivity contribution in [2.75, 3.05) is 11.9 Å². The number of hydrogen-bond acceptors (Lipinski definition) is 3. The quantitative estimate of drug-likeness (QED) is 0.369. The minimum Gasteiger partial charge on any atom is -0.352 e. The van der Waals surface area contributed by atoms with Crippen LogP contribution in [0, 0.1) is 20.8 Å². The molecule has 2 N–H and O–H groups in total. The number of rotatable bonds is 8. The van der Waals surface area contributed by atoms with Crippen LogP contribution in [0.2, 0.25) is 0 Å².